The molecule has 8 aliphatic rings. The quantitative estimate of drug-likeness (QED) is 0.0421. The van der Waals surface area contributed by atoms with Crippen LogP contribution in [0.1, 0.15) is 122 Å². The molecule has 8 aromatic heterocycles. The maximum absolute atomic E-state index is 12.8. The third-order valence-electron chi connectivity index (χ3n) is 24.2. The van der Waals surface area contributed by atoms with Crippen LogP contribution in [0.5, 0.6) is 0 Å². The number of hydrogen-bond acceptors (Lipinski definition) is 32. The summed E-state index contributed by atoms with van der Waals surface area (Å²) in [6.45, 7) is 20.2. The molecule has 8 atom stereocenters. The van der Waals surface area contributed by atoms with Crippen molar-refractivity contribution in [1.29, 1.82) is 21.0 Å². The summed E-state index contributed by atoms with van der Waals surface area (Å²) in [6.07, 6.45) is 20.8. The lowest BCUT2D eigenvalue weighted by atomic mass is 10.1. The average molecular weight is 1750 g/mol. The second-order valence-electron chi connectivity index (χ2n) is 32.7. The number of aromatic amines is 4. The van der Waals surface area contributed by atoms with E-state index in [1.165, 1.54) is 0 Å². The van der Waals surface area contributed by atoms with Gasteiger partial charge < -0.3 is 79.4 Å². The number of nitrogens with one attached hydrogen (secondary N) is 8. The largest absolute Gasteiger partial charge is 0.381 e. The van der Waals surface area contributed by atoms with E-state index in [9.17, 15) is 38.4 Å². The van der Waals surface area contributed by atoms with E-state index in [-0.39, 0.29) is 94.7 Å². The van der Waals surface area contributed by atoms with Crippen molar-refractivity contribution in [1.82, 2.24) is 80.3 Å². The van der Waals surface area contributed by atoms with Crippen molar-refractivity contribution < 1.29 is 38.1 Å². The Morgan fingerprint density at radius 1 is 0.312 bits per heavy atom. The van der Waals surface area contributed by atoms with Crippen molar-refractivity contribution in [2.24, 2.45) is 0 Å². The van der Waals surface area contributed by atoms with Gasteiger partial charge in [-0.1, -0.05) is 0 Å². The van der Waals surface area contributed by atoms with E-state index in [0.717, 1.165) is 74.6 Å². The highest BCUT2D eigenvalue weighted by molar-refractivity contribution is 5.79. The Kier molecular flexibility index (Phi) is 32.2. The summed E-state index contributed by atoms with van der Waals surface area (Å²) in [5.41, 5.74) is 6.52. The fraction of sp³-hybridized carbons (Fsp3) is 0.500. The fourth-order valence-electron chi connectivity index (χ4n) is 16.4. The van der Waals surface area contributed by atoms with Crippen molar-refractivity contribution in [3.05, 3.63) is 184 Å². The highest BCUT2D eigenvalue weighted by Gasteiger charge is 2.36. The number of carbonyl (C=O) groups excluding carboxylic acids is 4. The van der Waals surface area contributed by atoms with Gasteiger partial charge in [0.15, 0.2) is 0 Å². The van der Waals surface area contributed by atoms with Gasteiger partial charge in [-0.2, -0.15) is 41.4 Å². The van der Waals surface area contributed by atoms with Crippen LogP contribution in [0.3, 0.4) is 0 Å². The summed E-state index contributed by atoms with van der Waals surface area (Å²) in [5, 5.41) is 73.4. The van der Waals surface area contributed by atoms with Gasteiger partial charge in [-0.25, -0.2) is 40.3 Å². The number of H-pyrrole nitrogens is 4. The molecule has 672 valence electrons. The number of nitriles is 4. The van der Waals surface area contributed by atoms with Crippen molar-refractivity contribution in [2.45, 2.75) is 154 Å². The molecule has 16 rings (SSSR count). The van der Waals surface area contributed by atoms with Crippen LogP contribution >= 0.6 is 0 Å². The monoisotopic (exact) mass is 1750 g/mol. The maximum atomic E-state index is 12.8. The number of amides is 4. The first-order valence-electron chi connectivity index (χ1n) is 43.4. The molecule has 0 radical (unpaired) electrons. The molecule has 0 unspecified atom stereocenters. The number of carbonyl (C=O) groups is 4. The van der Waals surface area contributed by atoms with Gasteiger partial charge >= 0.3 is 0 Å². The van der Waals surface area contributed by atoms with Gasteiger partial charge in [0.25, 0.3) is 22.2 Å². The van der Waals surface area contributed by atoms with Crippen LogP contribution in [0, 0.1) is 73.0 Å². The van der Waals surface area contributed by atoms with Gasteiger partial charge in [-0.05, 0) is 128 Å². The minimum atomic E-state index is -0.208. The number of piperazine rings is 4. The zero-order chi connectivity index (χ0) is 90.0. The van der Waals surface area contributed by atoms with Crippen molar-refractivity contribution in [2.75, 3.05) is 172 Å². The SMILES string of the molecule is Cc1c(NC[C@@H]2CC[C@@H](CC(=O)N3CCN(c4ccc(C#N)cn4)CC3)O2)cn[nH]c1=O.Cc1c(NC[C@@H]2CC[C@H](CC(=O)N3CCN(c4ccc(C#N)cn4)CC3)O2)cn[nH]c1=O.Cc1c(NC[C@H]2CC[C@@H](CC(=O)N3CCN(c4ccc(C#N)cn4)CC3)O2)cn[nH]c1=O.Cc1c(NC[C@H]2CC[C@H](CC(=O)N3CCN(c4ccc(C#N)cn4)CC3)O2)cn[nH]c1=O. The number of ether oxygens (including phenoxy) is 4. The van der Waals surface area contributed by atoms with Crippen molar-refractivity contribution in [3.63, 3.8) is 0 Å². The third-order valence-corrected chi connectivity index (χ3v) is 24.2. The summed E-state index contributed by atoms with van der Waals surface area (Å²) in [7, 11) is 0. The molecule has 0 aliphatic carbocycles. The summed E-state index contributed by atoms with van der Waals surface area (Å²) in [4.78, 5) is 131. The highest BCUT2D eigenvalue weighted by Crippen LogP contribution is 2.30. The molecular formula is C88H108N28O12. The first-order valence-corrected chi connectivity index (χ1v) is 43.4. The number of nitrogens with zero attached hydrogens (tertiary/aromatic N) is 20. The van der Waals surface area contributed by atoms with Crippen LogP contribution in [-0.4, -0.2) is 284 Å². The molecule has 8 aromatic rings. The second-order valence-corrected chi connectivity index (χ2v) is 32.7. The summed E-state index contributed by atoms with van der Waals surface area (Å²) >= 11 is 0. The van der Waals surface area contributed by atoms with Gasteiger partial charge in [0, 0.05) is 178 Å². The Bertz CT molecular complexity index is 4830. The molecule has 0 aromatic carbocycles. The molecule has 40 nitrogen and oxygen atoms in total. The van der Waals surface area contributed by atoms with E-state index < -0.39 is 0 Å². The summed E-state index contributed by atoms with van der Waals surface area (Å²) in [5.74, 6) is 3.79. The molecule has 4 amide bonds. The first-order chi connectivity index (χ1) is 62.1. The van der Waals surface area contributed by atoms with Crippen LogP contribution in [0.25, 0.3) is 0 Å². The Hall–Kier alpha value is -13.8. The second kappa shape index (κ2) is 44.9. The number of rotatable bonds is 24. The lowest BCUT2D eigenvalue weighted by molar-refractivity contribution is -0.135. The number of aromatic nitrogens is 12. The molecule has 8 fully saturated rings. The standard InChI is InChI=1S/4C22H27N7O3/c4*1-15-19(14-26-27-22(15)31)24-13-18-4-3-17(32-18)10-21(30)29-8-6-28(7-9-29)20-5-2-16(11-23)12-25-20/h4*2,5,12,14,17-18H,3-4,6-10,13H2,1H3,(H2,24,27,31)/t2*17-,18+;2*17-,18-/m1010/s1. The van der Waals surface area contributed by atoms with E-state index in [1.54, 1.807) is 102 Å². The van der Waals surface area contributed by atoms with Gasteiger partial charge in [-0.3, -0.25) is 38.4 Å². The summed E-state index contributed by atoms with van der Waals surface area (Å²) < 4.78 is 24.3. The van der Waals surface area contributed by atoms with E-state index in [2.05, 4.69) is 126 Å². The Morgan fingerprint density at radius 2 is 0.508 bits per heavy atom. The molecular weight excluding hydrogens is 1640 g/mol. The Balaban J connectivity index is 0.000000146. The van der Waals surface area contributed by atoms with E-state index in [1.807, 2.05) is 43.9 Å². The zero-order valence-corrected chi connectivity index (χ0v) is 72.3. The van der Waals surface area contributed by atoms with Crippen molar-refractivity contribution in [3.8, 4) is 24.3 Å². The molecule has 0 saturated carbocycles. The van der Waals surface area contributed by atoms with Gasteiger partial charge in [-0.15, -0.1) is 0 Å². The number of pyridine rings is 4. The molecule has 8 N–H and O–H groups in total. The number of anilines is 8. The van der Waals surface area contributed by atoms with Gasteiger partial charge in [0.2, 0.25) is 23.6 Å². The van der Waals surface area contributed by atoms with Crippen LogP contribution in [0.2, 0.25) is 0 Å². The lowest BCUT2D eigenvalue weighted by Gasteiger charge is -2.35. The molecule has 40 heteroatoms. The van der Waals surface area contributed by atoms with Crippen LogP contribution in [0.4, 0.5) is 46.0 Å². The minimum absolute atomic E-state index is 0.00536. The predicted octanol–water partition coefficient (Wildman–Crippen LogP) is 4.17. The smallest absolute Gasteiger partial charge is 0.269 e. The third kappa shape index (κ3) is 25.3. The fourth-order valence-corrected chi connectivity index (χ4v) is 16.4. The average Bonchev–Trinajstić information content (AvgIpc) is 1.56. The molecule has 8 aliphatic heterocycles. The van der Waals surface area contributed by atoms with E-state index in [0.29, 0.717) is 224 Å². The van der Waals surface area contributed by atoms with E-state index in [4.69, 9.17) is 40.0 Å². The zero-order valence-electron chi connectivity index (χ0n) is 72.3. The Labute approximate surface area is 739 Å². The normalized spacial score (nSPS) is 20.8. The maximum Gasteiger partial charge on any atom is 0.269 e. The summed E-state index contributed by atoms with van der Waals surface area (Å²) in [6, 6.07) is 22.7. The molecule has 8 saturated heterocycles. The first kappa shape index (κ1) is 91.9. The van der Waals surface area contributed by atoms with Gasteiger partial charge in [0.05, 0.1) is 144 Å². The lowest BCUT2D eigenvalue weighted by Crippen LogP contribution is -2.49. The molecule has 16 heterocycles. The van der Waals surface area contributed by atoms with Crippen LogP contribution in [0.15, 0.2) is 117 Å². The minimum Gasteiger partial charge on any atom is -0.381 e. The van der Waals surface area contributed by atoms with E-state index >= 15 is 0 Å². The molecule has 0 bridgehead atoms. The molecule has 0 spiro atoms. The van der Waals surface area contributed by atoms with Crippen molar-refractivity contribution >= 4 is 69.6 Å². The topological polar surface area (TPSA) is 509 Å². The van der Waals surface area contributed by atoms with Crippen LogP contribution in [-0.2, 0) is 38.1 Å². The Morgan fingerprint density at radius 3 is 0.688 bits per heavy atom. The number of hydrogen-bond donors (Lipinski definition) is 8. The predicted molar refractivity (Wildman–Crippen MR) is 473 cm³/mol. The van der Waals surface area contributed by atoms with Gasteiger partial charge in [0.1, 0.15) is 47.5 Å². The molecule has 128 heavy (non-hydrogen) atoms. The van der Waals surface area contributed by atoms with Crippen LogP contribution < -0.4 is 63.1 Å². The highest BCUT2D eigenvalue weighted by atomic mass is 16.5.